The third-order valence-corrected chi connectivity index (χ3v) is 7.51. The maximum atomic E-state index is 13.0. The van der Waals surface area contributed by atoms with Gasteiger partial charge in [0.2, 0.25) is 15.9 Å². The molecular formula is C21H22Cl2N2O5S. The second-order valence-electron chi connectivity index (χ2n) is 7.06. The van der Waals surface area contributed by atoms with Gasteiger partial charge in [-0.05, 0) is 62.2 Å². The number of esters is 1. The average Bonchev–Trinajstić information content (AvgIpc) is 2.76. The van der Waals surface area contributed by atoms with E-state index in [1.54, 1.807) is 31.2 Å². The van der Waals surface area contributed by atoms with Crippen molar-refractivity contribution in [3.05, 3.63) is 58.1 Å². The van der Waals surface area contributed by atoms with Crippen LogP contribution < -0.4 is 5.32 Å². The Labute approximate surface area is 191 Å². The number of nitrogens with zero attached hydrogens (tertiary/aromatic N) is 1. The summed E-state index contributed by atoms with van der Waals surface area (Å²) in [6, 6.07) is 10.6. The molecule has 1 saturated heterocycles. The fourth-order valence-corrected chi connectivity index (χ4v) is 5.60. The van der Waals surface area contributed by atoms with Crippen LogP contribution in [-0.4, -0.2) is 44.3 Å². The van der Waals surface area contributed by atoms with Crippen molar-refractivity contribution >= 4 is 50.8 Å². The lowest BCUT2D eigenvalue weighted by Gasteiger charge is -2.31. The summed E-state index contributed by atoms with van der Waals surface area (Å²) in [5, 5.41) is 3.13. The molecule has 0 saturated carbocycles. The Hall–Kier alpha value is -2.13. The summed E-state index contributed by atoms with van der Waals surface area (Å²) in [4.78, 5) is 24.4. The van der Waals surface area contributed by atoms with Crippen LogP contribution >= 0.6 is 23.2 Å². The third kappa shape index (κ3) is 5.57. The Morgan fingerprint density at radius 2 is 1.87 bits per heavy atom. The van der Waals surface area contributed by atoms with E-state index >= 15 is 0 Å². The van der Waals surface area contributed by atoms with E-state index in [1.165, 1.54) is 22.5 Å². The van der Waals surface area contributed by atoms with Crippen molar-refractivity contribution in [3.63, 3.8) is 0 Å². The molecule has 0 radical (unpaired) electrons. The number of anilines is 1. The van der Waals surface area contributed by atoms with Crippen molar-refractivity contribution in [1.29, 1.82) is 0 Å². The van der Waals surface area contributed by atoms with Gasteiger partial charge in [-0.1, -0.05) is 23.2 Å². The zero-order valence-electron chi connectivity index (χ0n) is 16.8. The van der Waals surface area contributed by atoms with E-state index in [1.807, 2.05) is 0 Å². The number of piperidine rings is 1. The molecule has 0 unspecified atom stereocenters. The molecule has 1 N–H and O–H groups in total. The van der Waals surface area contributed by atoms with Crippen molar-refractivity contribution in [1.82, 2.24) is 4.31 Å². The lowest BCUT2D eigenvalue weighted by Crippen LogP contribution is -2.43. The van der Waals surface area contributed by atoms with Gasteiger partial charge in [0.15, 0.2) is 0 Å². The van der Waals surface area contributed by atoms with Crippen LogP contribution in [-0.2, 0) is 19.6 Å². The smallest absolute Gasteiger partial charge is 0.338 e. The second kappa shape index (κ2) is 9.99. The first kappa shape index (κ1) is 23.5. The van der Waals surface area contributed by atoms with Crippen LogP contribution in [0.5, 0.6) is 0 Å². The highest BCUT2D eigenvalue weighted by atomic mass is 35.5. The number of halogens is 2. The molecule has 0 bridgehead atoms. The molecule has 0 aliphatic carbocycles. The van der Waals surface area contributed by atoms with Gasteiger partial charge in [0.1, 0.15) is 4.90 Å². The molecular weight excluding hydrogens is 463 g/mol. The number of carbonyl (C=O) groups is 2. The van der Waals surface area contributed by atoms with Crippen LogP contribution in [0.15, 0.2) is 47.4 Å². The molecule has 7 nitrogen and oxygen atoms in total. The van der Waals surface area contributed by atoms with Crippen LogP contribution in [0.1, 0.15) is 30.1 Å². The van der Waals surface area contributed by atoms with Crippen molar-refractivity contribution in [2.75, 3.05) is 25.0 Å². The number of hydrogen-bond acceptors (Lipinski definition) is 5. The van der Waals surface area contributed by atoms with Crippen LogP contribution in [0.3, 0.4) is 0 Å². The second-order valence-corrected chi connectivity index (χ2v) is 9.81. The van der Waals surface area contributed by atoms with Crippen LogP contribution in [0.25, 0.3) is 0 Å². The summed E-state index contributed by atoms with van der Waals surface area (Å²) in [5.41, 5.74) is 0.893. The summed E-state index contributed by atoms with van der Waals surface area (Å²) >= 11 is 12.0. The molecule has 1 aliphatic rings. The Balaban J connectivity index is 1.69. The highest BCUT2D eigenvalue weighted by molar-refractivity contribution is 7.89. The zero-order chi connectivity index (χ0) is 22.6. The molecule has 1 heterocycles. The topological polar surface area (TPSA) is 92.8 Å². The Morgan fingerprint density at radius 1 is 1.16 bits per heavy atom. The number of rotatable bonds is 6. The minimum absolute atomic E-state index is 0.0396. The summed E-state index contributed by atoms with van der Waals surface area (Å²) in [7, 11) is -3.89. The SMILES string of the molecule is CCOC(=O)c1ccc(NC(=O)[C@H]2CCCN(S(=O)(=O)c3cc(Cl)ccc3Cl)C2)cc1. The lowest BCUT2D eigenvalue weighted by molar-refractivity contribution is -0.120. The highest BCUT2D eigenvalue weighted by Crippen LogP contribution is 2.30. The molecule has 31 heavy (non-hydrogen) atoms. The maximum absolute atomic E-state index is 13.0. The fraction of sp³-hybridized carbons (Fsp3) is 0.333. The van der Waals surface area contributed by atoms with Gasteiger partial charge in [-0.2, -0.15) is 4.31 Å². The van der Waals surface area contributed by atoms with Crippen molar-refractivity contribution < 1.29 is 22.7 Å². The van der Waals surface area contributed by atoms with Crippen molar-refractivity contribution in [3.8, 4) is 0 Å². The Bertz CT molecular complexity index is 1070. The number of amides is 1. The number of carbonyl (C=O) groups excluding carboxylic acids is 2. The minimum Gasteiger partial charge on any atom is -0.462 e. The first-order chi connectivity index (χ1) is 14.7. The van der Waals surface area contributed by atoms with Crippen molar-refractivity contribution in [2.24, 2.45) is 5.92 Å². The molecule has 1 amide bonds. The van der Waals surface area contributed by atoms with Gasteiger partial charge < -0.3 is 10.1 Å². The number of hydrogen-bond donors (Lipinski definition) is 1. The monoisotopic (exact) mass is 484 g/mol. The van der Waals surface area contributed by atoms with Gasteiger partial charge >= 0.3 is 5.97 Å². The normalized spacial score (nSPS) is 17.2. The molecule has 1 aliphatic heterocycles. The molecule has 166 valence electrons. The first-order valence-corrected chi connectivity index (χ1v) is 11.9. The summed E-state index contributed by atoms with van der Waals surface area (Å²) in [6.45, 7) is 2.33. The Morgan fingerprint density at radius 3 is 2.55 bits per heavy atom. The first-order valence-electron chi connectivity index (χ1n) is 9.75. The molecule has 3 rings (SSSR count). The molecule has 2 aromatic carbocycles. The van der Waals surface area contributed by atoms with Gasteiger partial charge in [0, 0.05) is 23.8 Å². The molecule has 1 atom stereocenters. The summed E-state index contributed by atoms with van der Waals surface area (Å²) < 4.78 is 32.3. The van der Waals surface area contributed by atoms with E-state index in [9.17, 15) is 18.0 Å². The molecule has 2 aromatic rings. The fourth-order valence-electron chi connectivity index (χ4n) is 3.34. The molecule has 0 spiro atoms. The van der Waals surface area contributed by atoms with Gasteiger partial charge in [0.05, 0.1) is 23.1 Å². The van der Waals surface area contributed by atoms with E-state index in [-0.39, 0.29) is 34.0 Å². The maximum Gasteiger partial charge on any atom is 0.338 e. The van der Waals surface area contributed by atoms with Crippen LogP contribution in [0.4, 0.5) is 5.69 Å². The predicted molar refractivity (Wildman–Crippen MR) is 119 cm³/mol. The van der Waals surface area contributed by atoms with Gasteiger partial charge in [-0.3, -0.25) is 4.79 Å². The summed E-state index contributed by atoms with van der Waals surface area (Å²) in [5.74, 6) is -1.25. The number of benzene rings is 2. The van der Waals surface area contributed by atoms with E-state index in [0.29, 0.717) is 30.6 Å². The number of nitrogens with one attached hydrogen (secondary N) is 1. The predicted octanol–water partition coefficient (Wildman–Crippen LogP) is 4.21. The highest BCUT2D eigenvalue weighted by Gasteiger charge is 2.34. The van der Waals surface area contributed by atoms with Crippen LogP contribution in [0, 0.1) is 5.92 Å². The van der Waals surface area contributed by atoms with E-state index < -0.39 is 21.9 Å². The van der Waals surface area contributed by atoms with E-state index in [2.05, 4.69) is 5.32 Å². The molecule has 10 heteroatoms. The Kier molecular flexibility index (Phi) is 7.59. The average molecular weight is 485 g/mol. The summed E-state index contributed by atoms with van der Waals surface area (Å²) in [6.07, 6.45) is 1.10. The standard InChI is InChI=1S/C21H22Cl2N2O5S/c1-2-30-21(27)14-5-8-17(9-6-14)24-20(26)15-4-3-11-25(13-15)31(28,29)19-12-16(22)7-10-18(19)23/h5-10,12,15H,2-4,11,13H2,1H3,(H,24,26)/t15-/m0/s1. The third-order valence-electron chi connectivity index (χ3n) is 4.93. The zero-order valence-corrected chi connectivity index (χ0v) is 19.1. The molecule has 0 aromatic heterocycles. The van der Waals surface area contributed by atoms with E-state index in [0.717, 1.165) is 0 Å². The van der Waals surface area contributed by atoms with Gasteiger partial charge in [-0.25, -0.2) is 13.2 Å². The number of ether oxygens (including phenoxy) is 1. The van der Waals surface area contributed by atoms with Gasteiger partial charge in [-0.15, -0.1) is 0 Å². The molecule has 1 fully saturated rings. The van der Waals surface area contributed by atoms with Crippen molar-refractivity contribution in [2.45, 2.75) is 24.7 Å². The minimum atomic E-state index is -3.89. The largest absolute Gasteiger partial charge is 0.462 e. The quantitative estimate of drug-likeness (QED) is 0.619. The van der Waals surface area contributed by atoms with E-state index in [4.69, 9.17) is 27.9 Å². The van der Waals surface area contributed by atoms with Gasteiger partial charge in [0.25, 0.3) is 0 Å². The van der Waals surface area contributed by atoms with Crippen LogP contribution in [0.2, 0.25) is 10.0 Å². The lowest BCUT2D eigenvalue weighted by atomic mass is 9.98. The number of sulfonamides is 1.